The molecule has 0 aliphatic heterocycles. The monoisotopic (exact) mass is 494 g/mol. The smallest absolute Gasteiger partial charge is 0.253 e. The maximum atomic E-state index is 13.5. The van der Waals surface area contributed by atoms with Gasteiger partial charge in [-0.1, -0.05) is 67.6 Å². The van der Waals surface area contributed by atoms with Gasteiger partial charge < -0.3 is 9.72 Å². The van der Waals surface area contributed by atoms with Crippen molar-refractivity contribution in [2.45, 2.75) is 33.0 Å². The lowest BCUT2D eigenvalue weighted by atomic mass is 10.0. The fraction of sp³-hybridized carbons (Fsp3) is 0.241. The summed E-state index contributed by atoms with van der Waals surface area (Å²) < 4.78 is 7.50. The molecule has 0 bridgehead atoms. The molecule has 0 aliphatic carbocycles. The Balaban J connectivity index is 1.64. The van der Waals surface area contributed by atoms with Gasteiger partial charge in [0, 0.05) is 23.0 Å². The molecule has 5 rings (SSSR count). The molecule has 3 aromatic carbocycles. The van der Waals surface area contributed by atoms with Crippen LogP contribution in [0.1, 0.15) is 42.4 Å². The maximum absolute atomic E-state index is 13.5. The Morgan fingerprint density at radius 1 is 0.946 bits per heavy atom. The Hall–Kier alpha value is -4.30. The van der Waals surface area contributed by atoms with E-state index in [4.69, 9.17) is 4.74 Å². The number of pyridine rings is 1. The van der Waals surface area contributed by atoms with Gasteiger partial charge in [-0.05, 0) is 59.3 Å². The number of aromatic nitrogens is 5. The Bertz CT molecular complexity index is 1510. The van der Waals surface area contributed by atoms with Crippen LogP contribution < -0.4 is 10.3 Å². The average Bonchev–Trinajstić information content (AvgIpc) is 3.37. The van der Waals surface area contributed by atoms with Gasteiger partial charge >= 0.3 is 0 Å². The van der Waals surface area contributed by atoms with E-state index >= 15 is 0 Å². The number of tetrazole rings is 1. The van der Waals surface area contributed by atoms with Crippen molar-refractivity contribution in [1.82, 2.24) is 30.1 Å². The number of hydrogen-bond acceptors (Lipinski definition) is 6. The second-order valence-electron chi connectivity index (χ2n) is 8.87. The third kappa shape index (κ3) is 5.44. The molecule has 8 nitrogen and oxygen atoms in total. The molecule has 1 N–H and O–H groups in total. The first-order chi connectivity index (χ1) is 18.2. The van der Waals surface area contributed by atoms with Crippen LogP contribution in [0.3, 0.4) is 0 Å². The highest BCUT2D eigenvalue weighted by Gasteiger charge is 2.30. The second-order valence-corrected chi connectivity index (χ2v) is 8.87. The van der Waals surface area contributed by atoms with Gasteiger partial charge in [0.25, 0.3) is 5.56 Å². The first-order valence-electron chi connectivity index (χ1n) is 12.5. The number of benzene rings is 3. The van der Waals surface area contributed by atoms with E-state index in [2.05, 4.69) is 44.5 Å². The lowest BCUT2D eigenvalue weighted by Gasteiger charge is -2.30. The molecule has 188 valence electrons. The second kappa shape index (κ2) is 11.2. The van der Waals surface area contributed by atoms with Crippen LogP contribution in [-0.4, -0.2) is 43.2 Å². The lowest BCUT2D eigenvalue weighted by molar-refractivity contribution is 0.214. The highest BCUT2D eigenvalue weighted by atomic mass is 16.5. The van der Waals surface area contributed by atoms with Gasteiger partial charge in [-0.2, -0.15) is 0 Å². The Morgan fingerprint density at radius 2 is 1.68 bits per heavy atom. The quantitative estimate of drug-likeness (QED) is 0.306. The van der Waals surface area contributed by atoms with Gasteiger partial charge in [-0.25, -0.2) is 4.68 Å². The molecule has 0 amide bonds. The van der Waals surface area contributed by atoms with E-state index in [1.54, 1.807) is 4.68 Å². The molecule has 2 aromatic heterocycles. The summed E-state index contributed by atoms with van der Waals surface area (Å²) in [6, 6.07) is 27.5. The van der Waals surface area contributed by atoms with Crippen LogP contribution in [0.2, 0.25) is 0 Å². The number of hydrogen-bond donors (Lipinski definition) is 1. The summed E-state index contributed by atoms with van der Waals surface area (Å²) >= 11 is 0. The summed E-state index contributed by atoms with van der Waals surface area (Å²) in [7, 11) is 0. The molecule has 0 spiro atoms. The normalized spacial score (nSPS) is 12.2. The summed E-state index contributed by atoms with van der Waals surface area (Å²) in [5, 5.41) is 13.7. The Labute approximate surface area is 215 Å². The first kappa shape index (κ1) is 24.4. The summed E-state index contributed by atoms with van der Waals surface area (Å²) in [6.45, 7) is 6.43. The van der Waals surface area contributed by atoms with E-state index in [9.17, 15) is 4.79 Å². The van der Waals surface area contributed by atoms with E-state index in [1.807, 2.05) is 79.7 Å². The summed E-state index contributed by atoms with van der Waals surface area (Å²) in [6.07, 6.45) is 0. The van der Waals surface area contributed by atoms with E-state index in [-0.39, 0.29) is 5.56 Å². The van der Waals surface area contributed by atoms with Crippen LogP contribution in [0.25, 0.3) is 10.9 Å². The zero-order valence-corrected chi connectivity index (χ0v) is 21.0. The fourth-order valence-electron chi connectivity index (χ4n) is 4.64. The van der Waals surface area contributed by atoms with E-state index in [0.717, 1.165) is 27.8 Å². The van der Waals surface area contributed by atoms with Gasteiger partial charge in [0.15, 0.2) is 5.82 Å². The highest BCUT2D eigenvalue weighted by Crippen LogP contribution is 2.29. The van der Waals surface area contributed by atoms with Crippen LogP contribution in [0.4, 0.5) is 0 Å². The van der Waals surface area contributed by atoms with Crippen molar-refractivity contribution in [3.8, 4) is 5.75 Å². The minimum atomic E-state index is -0.465. The van der Waals surface area contributed by atoms with Gasteiger partial charge in [0.1, 0.15) is 11.8 Å². The number of ether oxygens (including phenoxy) is 1. The maximum Gasteiger partial charge on any atom is 0.253 e. The van der Waals surface area contributed by atoms with Gasteiger partial charge in [0.2, 0.25) is 0 Å². The van der Waals surface area contributed by atoms with E-state index in [0.29, 0.717) is 37.6 Å². The highest BCUT2D eigenvalue weighted by molar-refractivity contribution is 5.80. The molecule has 37 heavy (non-hydrogen) atoms. The molecule has 0 radical (unpaired) electrons. The van der Waals surface area contributed by atoms with Crippen molar-refractivity contribution in [2.75, 3.05) is 13.2 Å². The number of fused-ring (bicyclic) bond motifs is 1. The predicted molar refractivity (Wildman–Crippen MR) is 143 cm³/mol. The minimum absolute atomic E-state index is 0.164. The first-order valence-corrected chi connectivity index (χ1v) is 12.5. The largest absolute Gasteiger partial charge is 0.494 e. The third-order valence-electron chi connectivity index (χ3n) is 6.43. The van der Waals surface area contributed by atoms with Crippen LogP contribution in [0, 0.1) is 0 Å². The number of nitrogens with one attached hydrogen (secondary N) is 1. The average molecular weight is 495 g/mol. The van der Waals surface area contributed by atoms with E-state index in [1.165, 1.54) is 0 Å². The SMILES string of the molecule is CCOc1ccc2[nH]c(=O)c([C@H](c3nnnn3Cc3ccccc3)N(CC)Cc3ccccc3)cc2c1. The molecule has 0 fully saturated rings. The van der Waals surface area contributed by atoms with Crippen LogP contribution in [-0.2, 0) is 13.1 Å². The molecule has 8 heteroatoms. The standard InChI is InChI=1S/C29H30N6O2/c1-3-34(19-21-11-7-5-8-12-21)27(28-31-32-33-35(28)20-22-13-9-6-10-14-22)25-18-23-17-24(37-4-2)15-16-26(23)30-29(25)36/h5-18,27H,3-4,19-20H2,1-2H3,(H,30,36)/t27-/m1/s1. The predicted octanol–water partition coefficient (Wildman–Crippen LogP) is 4.57. The topological polar surface area (TPSA) is 88.9 Å². The molecule has 1 atom stereocenters. The van der Waals surface area contributed by atoms with Crippen molar-refractivity contribution in [2.24, 2.45) is 0 Å². The number of aromatic amines is 1. The van der Waals surface area contributed by atoms with Gasteiger partial charge in [-0.15, -0.1) is 5.10 Å². The van der Waals surface area contributed by atoms with Crippen molar-refractivity contribution in [3.05, 3.63) is 118 Å². The molecule has 0 saturated heterocycles. The summed E-state index contributed by atoms with van der Waals surface area (Å²) in [4.78, 5) is 18.8. The minimum Gasteiger partial charge on any atom is -0.494 e. The molecule has 0 aliphatic rings. The van der Waals surface area contributed by atoms with Gasteiger partial charge in [0.05, 0.1) is 13.2 Å². The fourth-order valence-corrected chi connectivity index (χ4v) is 4.64. The van der Waals surface area contributed by atoms with Crippen LogP contribution >= 0.6 is 0 Å². The molecule has 0 unspecified atom stereocenters. The van der Waals surface area contributed by atoms with Gasteiger partial charge in [-0.3, -0.25) is 9.69 Å². The molecule has 5 aromatic rings. The molecular formula is C29H30N6O2. The Kier molecular flexibility index (Phi) is 7.37. The molecule has 2 heterocycles. The van der Waals surface area contributed by atoms with E-state index < -0.39 is 6.04 Å². The van der Waals surface area contributed by atoms with Crippen molar-refractivity contribution < 1.29 is 4.74 Å². The Morgan fingerprint density at radius 3 is 2.38 bits per heavy atom. The molecule has 0 saturated carbocycles. The zero-order valence-electron chi connectivity index (χ0n) is 21.0. The van der Waals surface area contributed by atoms with Crippen molar-refractivity contribution >= 4 is 10.9 Å². The number of nitrogens with zero attached hydrogens (tertiary/aromatic N) is 5. The van der Waals surface area contributed by atoms with Crippen LogP contribution in [0.15, 0.2) is 89.7 Å². The number of rotatable bonds is 10. The summed E-state index contributed by atoms with van der Waals surface area (Å²) in [5.41, 5.74) is 3.40. The van der Waals surface area contributed by atoms with Crippen LogP contribution in [0.5, 0.6) is 5.75 Å². The van der Waals surface area contributed by atoms with Crippen molar-refractivity contribution in [1.29, 1.82) is 0 Å². The third-order valence-corrected chi connectivity index (χ3v) is 6.43. The molecular weight excluding hydrogens is 464 g/mol. The zero-order chi connectivity index (χ0) is 25.6. The lowest BCUT2D eigenvalue weighted by Crippen LogP contribution is -2.35. The number of H-pyrrole nitrogens is 1. The van der Waals surface area contributed by atoms with Crippen molar-refractivity contribution in [3.63, 3.8) is 0 Å². The summed E-state index contributed by atoms with van der Waals surface area (Å²) in [5.74, 6) is 1.38.